The molecule has 1 aromatic carbocycles. The van der Waals surface area contributed by atoms with Gasteiger partial charge in [0.25, 0.3) is 5.56 Å². The molecule has 32 heavy (non-hydrogen) atoms. The zero-order valence-corrected chi connectivity index (χ0v) is 19.9. The normalized spacial score (nSPS) is 11.0. The molecule has 0 saturated carbocycles. The fourth-order valence-corrected chi connectivity index (χ4v) is 3.47. The smallest absolute Gasteiger partial charge is 0.295 e. The molecule has 0 radical (unpaired) electrons. The van der Waals surface area contributed by atoms with Crippen LogP contribution in [0.1, 0.15) is 56.3 Å². The Bertz CT molecular complexity index is 1080. The molecule has 1 atom stereocenters. The van der Waals surface area contributed by atoms with Crippen LogP contribution >= 0.6 is 11.6 Å². The number of fused-ring (bicyclic) bond motifs is 1. The van der Waals surface area contributed by atoms with Crippen molar-refractivity contribution in [3.8, 4) is 0 Å². The van der Waals surface area contributed by atoms with E-state index in [1.54, 1.807) is 16.7 Å². The maximum atomic E-state index is 13.1. The zero-order chi connectivity index (χ0) is 24.3. The summed E-state index contributed by atoms with van der Waals surface area (Å²) in [6.07, 6.45) is 2.98. The molecule has 2 aromatic heterocycles. The maximum absolute atomic E-state index is 13.1. The Balaban J connectivity index is 0.00000121. The summed E-state index contributed by atoms with van der Waals surface area (Å²) < 4.78 is 1.69. The van der Waals surface area contributed by atoms with E-state index in [-0.39, 0.29) is 11.6 Å². The van der Waals surface area contributed by atoms with Crippen LogP contribution in [0.2, 0.25) is 5.15 Å². The first-order valence-electron chi connectivity index (χ1n) is 10.4. The topological polar surface area (TPSA) is 93.9 Å². The van der Waals surface area contributed by atoms with Gasteiger partial charge >= 0.3 is 0 Å². The molecule has 0 bridgehead atoms. The minimum Gasteiger partial charge on any atom is -0.361 e. The van der Waals surface area contributed by atoms with Crippen LogP contribution in [0.4, 0.5) is 5.82 Å². The van der Waals surface area contributed by atoms with Crippen LogP contribution in [-0.2, 0) is 22.6 Å². The molecule has 7 nitrogen and oxygen atoms in total. The third-order valence-electron chi connectivity index (χ3n) is 5.13. The van der Waals surface area contributed by atoms with Gasteiger partial charge in [0.15, 0.2) is 11.5 Å². The molecule has 0 aliphatic heterocycles. The van der Waals surface area contributed by atoms with Crippen molar-refractivity contribution in [2.24, 2.45) is 0 Å². The molecule has 0 fully saturated rings. The van der Waals surface area contributed by atoms with Gasteiger partial charge in [-0.25, -0.2) is 9.97 Å². The van der Waals surface area contributed by atoms with Gasteiger partial charge in [0, 0.05) is 12.6 Å². The Hall–Kier alpha value is -3.06. The van der Waals surface area contributed by atoms with Gasteiger partial charge in [0.1, 0.15) is 24.2 Å². The maximum Gasteiger partial charge on any atom is 0.295 e. The molecule has 172 valence electrons. The lowest BCUT2D eigenvalue weighted by Crippen LogP contribution is -2.28. The predicted molar refractivity (Wildman–Crippen MR) is 131 cm³/mol. The molecule has 8 heteroatoms. The first kappa shape index (κ1) is 27.0. The minimum atomic E-state index is -0.169. The first-order chi connectivity index (χ1) is 15.4. The Morgan fingerprint density at radius 1 is 1.09 bits per heavy atom. The first-order valence-corrected chi connectivity index (χ1v) is 10.8. The number of aryl methyl sites for hydroxylation is 2. The summed E-state index contributed by atoms with van der Waals surface area (Å²) in [5.74, 6) is 0.342. The van der Waals surface area contributed by atoms with Crippen molar-refractivity contribution in [1.82, 2.24) is 14.5 Å². The number of hydrogen-bond acceptors (Lipinski definition) is 6. The van der Waals surface area contributed by atoms with Gasteiger partial charge in [0.2, 0.25) is 0 Å². The van der Waals surface area contributed by atoms with Crippen LogP contribution in [0.25, 0.3) is 11.2 Å². The summed E-state index contributed by atoms with van der Waals surface area (Å²) in [5.41, 5.74) is 4.80. The number of carbonyl (C=O) groups is 2. The molecular weight excluding hydrogens is 428 g/mol. The van der Waals surface area contributed by atoms with Crippen molar-refractivity contribution in [2.45, 2.75) is 59.5 Å². The third-order valence-corrected chi connectivity index (χ3v) is 5.34. The van der Waals surface area contributed by atoms with E-state index >= 15 is 0 Å². The summed E-state index contributed by atoms with van der Waals surface area (Å²) in [6, 6.07) is 9.94. The highest BCUT2D eigenvalue weighted by molar-refractivity contribution is 6.29. The van der Waals surface area contributed by atoms with Crippen molar-refractivity contribution >= 4 is 42.2 Å². The minimum absolute atomic E-state index is 0.0000448. The summed E-state index contributed by atoms with van der Waals surface area (Å²) in [7, 11) is 0. The van der Waals surface area contributed by atoms with Crippen molar-refractivity contribution in [2.75, 3.05) is 5.32 Å². The largest absolute Gasteiger partial charge is 0.361 e. The van der Waals surface area contributed by atoms with Crippen molar-refractivity contribution in [3.63, 3.8) is 0 Å². The van der Waals surface area contributed by atoms with Gasteiger partial charge in [0.05, 0.1) is 0 Å². The van der Waals surface area contributed by atoms with E-state index in [4.69, 9.17) is 21.2 Å². The quantitative estimate of drug-likeness (QED) is 0.505. The average Bonchev–Trinajstić information content (AvgIpc) is 2.82. The van der Waals surface area contributed by atoms with Crippen LogP contribution in [-0.4, -0.2) is 28.1 Å². The standard InChI is InChI=1S/C22H27ClN4O.2CH2O/c1-5-7-17-12-16(9-8-14(17)3)13-24-20-22(28)27(15(4)6-2)21-18(25-20)10-11-19(23)26-21;2*1-2/h8-12,15H,5-7,13H2,1-4H3,(H,24,25);2*1H2/t15-;;/m1../s1. The number of aromatic nitrogens is 3. The number of benzene rings is 1. The lowest BCUT2D eigenvalue weighted by molar-refractivity contribution is -0.0987. The van der Waals surface area contributed by atoms with Crippen molar-refractivity contribution in [3.05, 3.63) is 62.5 Å². The van der Waals surface area contributed by atoms with Crippen LogP contribution in [0, 0.1) is 6.92 Å². The Morgan fingerprint density at radius 3 is 2.41 bits per heavy atom. The molecule has 3 rings (SSSR count). The lowest BCUT2D eigenvalue weighted by atomic mass is 10.0. The number of anilines is 1. The van der Waals surface area contributed by atoms with Crippen LogP contribution in [0.3, 0.4) is 0 Å². The number of nitrogens with one attached hydrogen (secondary N) is 1. The molecule has 0 saturated heterocycles. The second-order valence-corrected chi connectivity index (χ2v) is 7.62. The molecular formula is C24H31ClN4O3. The number of nitrogens with zero attached hydrogens (tertiary/aromatic N) is 3. The second-order valence-electron chi connectivity index (χ2n) is 7.23. The highest BCUT2D eigenvalue weighted by Gasteiger charge is 2.16. The number of hydrogen-bond donors (Lipinski definition) is 1. The van der Waals surface area contributed by atoms with Gasteiger partial charge in [-0.15, -0.1) is 0 Å². The number of halogens is 1. The number of rotatable bonds is 7. The Labute approximate surface area is 193 Å². The lowest BCUT2D eigenvalue weighted by Gasteiger charge is -2.17. The van der Waals surface area contributed by atoms with Crippen LogP contribution < -0.4 is 10.9 Å². The highest BCUT2D eigenvalue weighted by atomic mass is 35.5. The van der Waals surface area contributed by atoms with Gasteiger partial charge in [-0.1, -0.05) is 50.1 Å². The van der Waals surface area contributed by atoms with E-state index in [0.29, 0.717) is 28.7 Å². The summed E-state index contributed by atoms with van der Waals surface area (Å²) in [5, 5.41) is 3.60. The SMILES string of the molecule is C=O.C=O.CCCc1cc(CNc2nc3ccc(Cl)nc3n([C@H](C)CC)c2=O)ccc1C. The van der Waals surface area contributed by atoms with Crippen molar-refractivity contribution in [1.29, 1.82) is 0 Å². The number of carbonyl (C=O) groups excluding carboxylic acids is 2. The summed E-state index contributed by atoms with van der Waals surface area (Å²) in [6.45, 7) is 12.9. The summed E-state index contributed by atoms with van der Waals surface area (Å²) in [4.78, 5) is 38.0. The molecule has 1 N–H and O–H groups in total. The van der Waals surface area contributed by atoms with Gasteiger partial charge < -0.3 is 14.9 Å². The van der Waals surface area contributed by atoms with Gasteiger partial charge in [-0.3, -0.25) is 9.36 Å². The van der Waals surface area contributed by atoms with E-state index in [0.717, 1.165) is 24.8 Å². The van der Waals surface area contributed by atoms with E-state index < -0.39 is 0 Å². The molecule has 0 amide bonds. The molecule has 0 spiro atoms. The van der Waals surface area contributed by atoms with Crippen LogP contribution in [0.5, 0.6) is 0 Å². The molecule has 3 aromatic rings. The van der Waals surface area contributed by atoms with Crippen LogP contribution in [0.15, 0.2) is 35.1 Å². The van der Waals surface area contributed by atoms with Gasteiger partial charge in [-0.05, 0) is 55.5 Å². The Morgan fingerprint density at radius 2 is 1.78 bits per heavy atom. The van der Waals surface area contributed by atoms with E-state index in [2.05, 4.69) is 47.3 Å². The fourth-order valence-electron chi connectivity index (χ4n) is 3.33. The highest BCUT2D eigenvalue weighted by Crippen LogP contribution is 2.20. The van der Waals surface area contributed by atoms with Crippen molar-refractivity contribution < 1.29 is 9.59 Å². The molecule has 0 aliphatic rings. The second kappa shape index (κ2) is 13.4. The van der Waals surface area contributed by atoms with E-state index in [9.17, 15) is 4.79 Å². The summed E-state index contributed by atoms with van der Waals surface area (Å²) >= 11 is 6.06. The van der Waals surface area contributed by atoms with E-state index in [1.807, 2.05) is 27.4 Å². The van der Waals surface area contributed by atoms with E-state index in [1.165, 1.54) is 11.1 Å². The average molecular weight is 459 g/mol. The third kappa shape index (κ3) is 6.47. The Kier molecular flexibility index (Phi) is 11.3. The molecule has 2 heterocycles. The zero-order valence-electron chi connectivity index (χ0n) is 19.2. The number of pyridine rings is 1. The van der Waals surface area contributed by atoms with Gasteiger partial charge in [-0.2, -0.15) is 0 Å². The molecule has 0 aliphatic carbocycles. The molecule has 0 unspecified atom stereocenters. The fraction of sp³-hybridized carbons (Fsp3) is 0.375. The predicted octanol–water partition coefficient (Wildman–Crippen LogP) is 4.92. The monoisotopic (exact) mass is 458 g/mol.